The summed E-state index contributed by atoms with van der Waals surface area (Å²) in [6.45, 7) is -0.894. The van der Waals surface area contributed by atoms with Crippen molar-refractivity contribution in [3.63, 3.8) is 0 Å². The first-order valence-electron chi connectivity index (χ1n) is 6.23. The summed E-state index contributed by atoms with van der Waals surface area (Å²) in [6, 6.07) is 0. The number of hydrogen-bond donors (Lipinski definition) is 0. The van der Waals surface area contributed by atoms with Gasteiger partial charge >= 0.3 is 65.4 Å². The minimum Gasteiger partial charge on any atom is -0.691 e. The second-order valence-corrected chi connectivity index (χ2v) is 5.76. The van der Waals surface area contributed by atoms with Crippen LogP contribution in [0.1, 0.15) is 13.3 Å². The molecule has 1 atom stereocenters. The summed E-state index contributed by atoms with van der Waals surface area (Å²) in [7, 11) is 0. The van der Waals surface area contributed by atoms with Crippen LogP contribution in [0.25, 0.3) is 0 Å². The first-order valence-corrected chi connectivity index (χ1v) is 7.04. The van der Waals surface area contributed by atoms with Crippen LogP contribution in [0.4, 0.5) is 48.3 Å². The molecule has 18 heteroatoms. The molecule has 0 radical (unpaired) electrons. The molecule has 0 rings (SSSR count). The molecule has 0 aromatic heterocycles. The minimum atomic E-state index is -7.57. The maximum atomic E-state index is 13.3. The zero-order valence-corrected chi connectivity index (χ0v) is 16.4. The van der Waals surface area contributed by atoms with Gasteiger partial charge in [0.25, 0.3) is 0 Å². The molecule has 0 heterocycles. The largest absolute Gasteiger partial charge is 1.00 e. The van der Waals surface area contributed by atoms with Gasteiger partial charge in [0.2, 0.25) is 0 Å². The molecule has 0 fully saturated rings. The number of alkyl halides is 11. The van der Waals surface area contributed by atoms with Gasteiger partial charge in [-0.2, -0.15) is 48.2 Å². The molecule has 5 nitrogen and oxygen atoms in total. The Morgan fingerprint density at radius 2 is 1.39 bits per heavy atom. The average Bonchev–Trinajstić information content (AvgIpc) is 2.48. The van der Waals surface area contributed by atoms with Crippen LogP contribution in [0, 0.1) is 0 Å². The van der Waals surface area contributed by atoms with Gasteiger partial charge < -0.3 is 9.99 Å². The van der Waals surface area contributed by atoms with Crippen LogP contribution in [0.5, 0.6) is 0 Å². The van der Waals surface area contributed by atoms with Crippen molar-refractivity contribution in [2.45, 2.75) is 48.5 Å². The number of esters is 1. The van der Waals surface area contributed by atoms with E-state index in [-0.39, 0.29) is 41.6 Å². The van der Waals surface area contributed by atoms with Crippen molar-refractivity contribution < 1.29 is 102 Å². The molecule has 0 amide bonds. The van der Waals surface area contributed by atoms with Crippen molar-refractivity contribution in [3.8, 4) is 0 Å². The molecule has 1 unspecified atom stereocenters. The van der Waals surface area contributed by atoms with Gasteiger partial charge in [-0.25, -0.2) is 4.39 Å². The molecule has 0 saturated carbocycles. The Bertz CT molecular complexity index is 499. The third-order valence-electron chi connectivity index (χ3n) is 2.88. The van der Waals surface area contributed by atoms with Crippen molar-refractivity contribution in [1.29, 1.82) is 0 Å². The van der Waals surface area contributed by atoms with Crippen LogP contribution in [0.15, 0.2) is 0 Å². The maximum Gasteiger partial charge on any atom is 1.00 e. The first-order chi connectivity index (χ1) is 11.9. The second kappa shape index (κ2) is 10.3. The first kappa shape index (κ1) is 30.1. The maximum absolute atomic E-state index is 13.3. The molecular formula is C10H8F11NaO5S. The van der Waals surface area contributed by atoms with Gasteiger partial charge in [0, 0.05) is 12.0 Å². The Balaban J connectivity index is 0. The van der Waals surface area contributed by atoms with Crippen LogP contribution >= 0.6 is 12.0 Å². The fourth-order valence-electron chi connectivity index (χ4n) is 1.44. The van der Waals surface area contributed by atoms with E-state index < -0.39 is 54.1 Å². The molecule has 0 N–H and O–H groups in total. The zero-order chi connectivity index (χ0) is 21.9. The fourth-order valence-corrected chi connectivity index (χ4v) is 1.73. The standard InChI is InChI=1S/C10H9F11O5S.Na/c1-4(27-26-25-23)5(22)24-3-2-6(11,12)8(14,15)7(13,9(16,17)18)10(19,20)21;/h4,23H,2-3H2,1H3;/q;+1/p-1. The summed E-state index contributed by atoms with van der Waals surface area (Å²) in [6.07, 6.45) is -17.5. The molecule has 0 spiro atoms. The topological polar surface area (TPSA) is 67.8 Å². The summed E-state index contributed by atoms with van der Waals surface area (Å²) in [5, 5.41) is 10.8. The summed E-state index contributed by atoms with van der Waals surface area (Å²) < 4.78 is 148. The average molecular weight is 472 g/mol. The Kier molecular flexibility index (Phi) is 11.1. The summed E-state index contributed by atoms with van der Waals surface area (Å²) in [5.74, 6) is -15.0. The van der Waals surface area contributed by atoms with Gasteiger partial charge in [-0.15, -0.1) is 0 Å². The summed E-state index contributed by atoms with van der Waals surface area (Å²) in [4.78, 5) is 11.2. The van der Waals surface area contributed by atoms with Crippen molar-refractivity contribution in [2.75, 3.05) is 6.61 Å². The van der Waals surface area contributed by atoms with E-state index >= 15 is 0 Å². The monoisotopic (exact) mass is 472 g/mol. The van der Waals surface area contributed by atoms with Crippen LogP contribution in [0.3, 0.4) is 0 Å². The van der Waals surface area contributed by atoms with E-state index in [9.17, 15) is 58.3 Å². The van der Waals surface area contributed by atoms with Crippen molar-refractivity contribution in [1.82, 2.24) is 0 Å². The smallest absolute Gasteiger partial charge is 0.691 e. The van der Waals surface area contributed by atoms with Crippen molar-refractivity contribution in [2.24, 2.45) is 0 Å². The van der Waals surface area contributed by atoms with E-state index in [1.54, 1.807) is 0 Å². The number of hydrogen-bond acceptors (Lipinski definition) is 6. The second-order valence-electron chi connectivity index (χ2n) is 4.72. The molecule has 0 bridgehead atoms. The van der Waals surface area contributed by atoms with Crippen LogP contribution in [0.2, 0.25) is 0 Å². The molecule has 28 heavy (non-hydrogen) atoms. The fraction of sp³-hybridized carbons (Fsp3) is 0.900. The van der Waals surface area contributed by atoms with E-state index in [0.717, 1.165) is 6.92 Å². The molecular weight excluding hydrogens is 464 g/mol. The van der Waals surface area contributed by atoms with Gasteiger partial charge in [-0.3, -0.25) is 9.83 Å². The Morgan fingerprint density at radius 1 is 0.964 bits per heavy atom. The SMILES string of the molecule is CC(SOO[O-])C(=O)OCCC(F)(F)C(F)(F)C(F)(C(F)(F)F)C(F)(F)F.[Na+]. The van der Waals surface area contributed by atoms with Gasteiger partial charge in [-0.05, 0) is 6.92 Å². The van der Waals surface area contributed by atoms with E-state index in [1.807, 2.05) is 0 Å². The van der Waals surface area contributed by atoms with E-state index in [2.05, 4.69) is 14.1 Å². The quantitative estimate of drug-likeness (QED) is 0.120. The van der Waals surface area contributed by atoms with Gasteiger partial charge in [0.15, 0.2) is 0 Å². The number of halogens is 11. The molecule has 162 valence electrons. The molecule has 0 aromatic carbocycles. The predicted molar refractivity (Wildman–Crippen MR) is 60.6 cm³/mol. The van der Waals surface area contributed by atoms with Crippen LogP contribution < -0.4 is 34.8 Å². The Labute approximate surface area is 175 Å². The summed E-state index contributed by atoms with van der Waals surface area (Å²) >= 11 is -0.0435. The predicted octanol–water partition coefficient (Wildman–Crippen LogP) is 0.287. The number of rotatable bonds is 9. The molecule has 0 aliphatic rings. The molecule has 0 aliphatic heterocycles. The van der Waals surface area contributed by atoms with Crippen LogP contribution in [-0.4, -0.2) is 47.7 Å². The van der Waals surface area contributed by atoms with Gasteiger partial charge in [0.1, 0.15) is 5.25 Å². The van der Waals surface area contributed by atoms with Gasteiger partial charge in [-0.1, -0.05) is 0 Å². The number of carbonyl (C=O) groups is 1. The number of ether oxygens (including phenoxy) is 1. The summed E-state index contributed by atoms with van der Waals surface area (Å²) in [5.41, 5.74) is -7.57. The van der Waals surface area contributed by atoms with Crippen molar-refractivity contribution in [3.05, 3.63) is 0 Å². The van der Waals surface area contributed by atoms with Gasteiger partial charge in [0.05, 0.1) is 13.0 Å². The van der Waals surface area contributed by atoms with Crippen LogP contribution in [-0.2, 0) is 18.9 Å². The number of carbonyl (C=O) groups excluding carboxylic acids is 1. The third kappa shape index (κ3) is 6.21. The Hall–Kier alpha value is -0.0700. The molecule has 0 aromatic rings. The van der Waals surface area contributed by atoms with E-state index in [4.69, 9.17) is 0 Å². The Morgan fingerprint density at radius 3 is 1.75 bits per heavy atom. The normalized spacial score (nSPS) is 15.0. The third-order valence-corrected chi connectivity index (χ3v) is 3.49. The van der Waals surface area contributed by atoms with E-state index in [0.29, 0.717) is 0 Å². The minimum absolute atomic E-state index is 0. The van der Waals surface area contributed by atoms with E-state index in [1.165, 1.54) is 0 Å². The zero-order valence-electron chi connectivity index (χ0n) is 13.6. The van der Waals surface area contributed by atoms with Crippen molar-refractivity contribution >= 4 is 18.0 Å². The molecule has 0 saturated heterocycles. The molecule has 0 aliphatic carbocycles.